The van der Waals surface area contributed by atoms with E-state index in [1.54, 1.807) is 0 Å². The molecule has 0 rings (SSSR count). The number of nitrogens with two attached hydrogens (primary N) is 1. The third-order valence-corrected chi connectivity index (χ3v) is 1.14. The molecule has 0 aliphatic heterocycles. The second-order valence-corrected chi connectivity index (χ2v) is 2.08. The molecule has 0 amide bonds. The number of hydrogen-bond donors (Lipinski definition) is 2. The van der Waals surface area contributed by atoms with E-state index in [2.05, 4.69) is 5.92 Å². The molecular weight excluding hydrogens is 138 g/mol. The van der Waals surface area contributed by atoms with E-state index in [0.717, 1.165) is 6.92 Å². The Balaban J connectivity index is 3.97. The second kappa shape index (κ2) is 3.49. The molecule has 0 aromatic heterocycles. The first-order valence-corrected chi connectivity index (χ1v) is 2.79. The van der Waals surface area contributed by atoms with E-state index in [4.69, 9.17) is 12.3 Å². The molecule has 3 N–H and O–H groups in total. The average Bonchev–Trinajstić information content (AvgIpc) is 1.80. The fourth-order valence-corrected chi connectivity index (χ4v) is 0.502. The van der Waals surface area contributed by atoms with Gasteiger partial charge in [-0.3, -0.25) is 11.3 Å². The number of terminal acetylenes is 1. The van der Waals surface area contributed by atoms with Crippen molar-refractivity contribution in [2.75, 3.05) is 0 Å². The Morgan fingerprint density at radius 1 is 1.80 bits per heavy atom. The summed E-state index contributed by atoms with van der Waals surface area (Å²) in [6, 6.07) is -1.13. The Bertz CT molecular complexity index is 134. The molecule has 0 spiro atoms. The van der Waals surface area contributed by atoms with E-state index in [0.29, 0.717) is 0 Å². The van der Waals surface area contributed by atoms with Crippen molar-refractivity contribution in [3.8, 4) is 12.3 Å². The van der Waals surface area contributed by atoms with Crippen molar-refractivity contribution in [2.45, 2.75) is 25.3 Å². The molecule has 0 saturated heterocycles. The maximum absolute atomic E-state index is 12.3. The quantitative estimate of drug-likeness (QED) is 0.347. The fraction of sp³-hybridized carbons (Fsp3) is 0.667. The lowest BCUT2D eigenvalue weighted by molar-refractivity contribution is -0.0165. The van der Waals surface area contributed by atoms with Crippen molar-refractivity contribution in [3.63, 3.8) is 0 Å². The lowest BCUT2D eigenvalue weighted by atomic mass is 10.1. The fourth-order valence-electron chi connectivity index (χ4n) is 0.502. The summed E-state index contributed by atoms with van der Waals surface area (Å²) in [4.78, 5) is 0. The molecule has 2 nitrogen and oxygen atoms in total. The van der Waals surface area contributed by atoms with Crippen LogP contribution < -0.4 is 11.3 Å². The molecule has 0 aromatic carbocycles. The molecule has 58 valence electrons. The van der Waals surface area contributed by atoms with Gasteiger partial charge >= 0.3 is 0 Å². The zero-order valence-electron chi connectivity index (χ0n) is 5.70. The number of alkyl halides is 2. The van der Waals surface area contributed by atoms with Crippen LogP contribution in [0, 0.1) is 12.3 Å². The summed E-state index contributed by atoms with van der Waals surface area (Å²) in [5.41, 5.74) is 1.95. The molecule has 0 aliphatic carbocycles. The molecule has 1 unspecified atom stereocenters. The van der Waals surface area contributed by atoms with E-state index in [1.165, 1.54) is 0 Å². The van der Waals surface area contributed by atoms with Crippen LogP contribution in [-0.2, 0) is 0 Å². The highest BCUT2D eigenvalue weighted by molar-refractivity contribution is 4.93. The molecule has 0 heterocycles. The van der Waals surface area contributed by atoms with Crippen LogP contribution in [0.4, 0.5) is 8.78 Å². The Hall–Kier alpha value is -0.660. The van der Waals surface area contributed by atoms with E-state index < -0.39 is 12.0 Å². The normalized spacial score (nSPS) is 14.3. The van der Waals surface area contributed by atoms with E-state index in [1.807, 2.05) is 5.43 Å². The SMILES string of the molecule is C#CCC(NN)C(C)(F)F. The third kappa shape index (κ3) is 2.76. The van der Waals surface area contributed by atoms with Crippen LogP contribution in [-0.4, -0.2) is 12.0 Å². The summed E-state index contributed by atoms with van der Waals surface area (Å²) in [5, 5.41) is 0. The van der Waals surface area contributed by atoms with Gasteiger partial charge in [-0.2, -0.15) is 0 Å². The summed E-state index contributed by atoms with van der Waals surface area (Å²) >= 11 is 0. The maximum Gasteiger partial charge on any atom is 0.262 e. The lowest BCUT2D eigenvalue weighted by Gasteiger charge is -2.19. The number of hydrogen-bond acceptors (Lipinski definition) is 2. The average molecular weight is 148 g/mol. The summed E-state index contributed by atoms with van der Waals surface area (Å²) in [6.45, 7) is 0.773. The molecule has 0 radical (unpaired) electrons. The predicted octanol–water partition coefficient (Wildman–Crippen LogP) is 0.497. The van der Waals surface area contributed by atoms with Gasteiger partial charge in [-0.1, -0.05) is 0 Å². The van der Waals surface area contributed by atoms with Gasteiger partial charge in [0.2, 0.25) is 0 Å². The van der Waals surface area contributed by atoms with Gasteiger partial charge in [0.05, 0.1) is 6.04 Å². The molecule has 0 bridgehead atoms. The van der Waals surface area contributed by atoms with Gasteiger partial charge in [-0.15, -0.1) is 12.3 Å². The zero-order valence-corrected chi connectivity index (χ0v) is 5.70. The summed E-state index contributed by atoms with van der Waals surface area (Å²) < 4.78 is 24.7. The Morgan fingerprint density at radius 2 is 2.30 bits per heavy atom. The largest absolute Gasteiger partial charge is 0.271 e. The monoisotopic (exact) mass is 148 g/mol. The predicted molar refractivity (Wildman–Crippen MR) is 35.2 cm³/mol. The molecule has 0 saturated carbocycles. The minimum atomic E-state index is -2.86. The van der Waals surface area contributed by atoms with Crippen molar-refractivity contribution in [2.24, 2.45) is 5.84 Å². The van der Waals surface area contributed by atoms with Crippen molar-refractivity contribution < 1.29 is 8.78 Å². The molecule has 10 heavy (non-hydrogen) atoms. The smallest absolute Gasteiger partial charge is 0.262 e. The Morgan fingerprint density at radius 3 is 2.40 bits per heavy atom. The van der Waals surface area contributed by atoms with Gasteiger partial charge in [0.15, 0.2) is 0 Å². The van der Waals surface area contributed by atoms with Crippen molar-refractivity contribution in [3.05, 3.63) is 0 Å². The van der Waals surface area contributed by atoms with Crippen LogP contribution in [0.2, 0.25) is 0 Å². The topological polar surface area (TPSA) is 38.0 Å². The van der Waals surface area contributed by atoms with Crippen molar-refractivity contribution in [1.82, 2.24) is 5.43 Å². The standard InChI is InChI=1S/C6H10F2N2/c1-3-4-5(10-9)6(2,7)8/h1,5,10H,4,9H2,2H3. The first-order chi connectivity index (χ1) is 4.52. The lowest BCUT2D eigenvalue weighted by Crippen LogP contribution is -2.46. The minimum absolute atomic E-state index is 0.0694. The maximum atomic E-state index is 12.3. The van der Waals surface area contributed by atoms with Crippen molar-refractivity contribution in [1.29, 1.82) is 0 Å². The Kier molecular flexibility index (Phi) is 3.26. The highest BCUT2D eigenvalue weighted by Gasteiger charge is 2.32. The molecule has 0 aliphatic rings. The van der Waals surface area contributed by atoms with Gasteiger partial charge in [-0.25, -0.2) is 8.78 Å². The molecule has 4 heteroatoms. The first kappa shape index (κ1) is 9.34. The van der Waals surface area contributed by atoms with E-state index in [-0.39, 0.29) is 6.42 Å². The van der Waals surface area contributed by atoms with Crippen LogP contribution in [0.25, 0.3) is 0 Å². The minimum Gasteiger partial charge on any atom is -0.271 e. The summed E-state index contributed by atoms with van der Waals surface area (Å²) in [6.07, 6.45) is 4.75. The highest BCUT2D eigenvalue weighted by Crippen LogP contribution is 2.18. The number of hydrazine groups is 1. The Labute approximate surface area is 58.8 Å². The van der Waals surface area contributed by atoms with Crippen LogP contribution in [0.5, 0.6) is 0 Å². The third-order valence-electron chi connectivity index (χ3n) is 1.14. The van der Waals surface area contributed by atoms with Crippen LogP contribution in [0.1, 0.15) is 13.3 Å². The molecule has 1 atom stereocenters. The van der Waals surface area contributed by atoms with E-state index >= 15 is 0 Å². The number of nitrogens with one attached hydrogen (secondary N) is 1. The van der Waals surface area contributed by atoms with Gasteiger partial charge in [0.1, 0.15) is 0 Å². The second-order valence-electron chi connectivity index (χ2n) is 2.08. The molecular formula is C6H10F2N2. The molecule has 0 fully saturated rings. The first-order valence-electron chi connectivity index (χ1n) is 2.79. The highest BCUT2D eigenvalue weighted by atomic mass is 19.3. The van der Waals surface area contributed by atoms with Gasteiger partial charge in [0.25, 0.3) is 5.92 Å². The van der Waals surface area contributed by atoms with Crippen LogP contribution in [0.3, 0.4) is 0 Å². The van der Waals surface area contributed by atoms with Gasteiger partial charge in [-0.05, 0) is 0 Å². The van der Waals surface area contributed by atoms with Gasteiger partial charge < -0.3 is 0 Å². The summed E-state index contributed by atoms with van der Waals surface area (Å²) in [5.74, 6) is 4.06. The number of halogens is 2. The van der Waals surface area contributed by atoms with Crippen LogP contribution in [0.15, 0.2) is 0 Å². The molecule has 0 aromatic rings. The van der Waals surface area contributed by atoms with Crippen molar-refractivity contribution >= 4 is 0 Å². The number of rotatable bonds is 3. The van der Waals surface area contributed by atoms with Crippen LogP contribution >= 0.6 is 0 Å². The zero-order chi connectivity index (χ0) is 8.20. The van der Waals surface area contributed by atoms with Gasteiger partial charge in [0, 0.05) is 13.3 Å². The summed E-state index contributed by atoms with van der Waals surface area (Å²) in [7, 11) is 0. The van der Waals surface area contributed by atoms with E-state index in [9.17, 15) is 8.78 Å².